The van der Waals surface area contributed by atoms with Crippen LogP contribution in [0.15, 0.2) is 48.6 Å². The third-order valence-corrected chi connectivity index (χ3v) is 6.09. The molecule has 0 aromatic heterocycles. The summed E-state index contributed by atoms with van der Waals surface area (Å²) in [6.45, 7) is 4.26. The van der Waals surface area contributed by atoms with Gasteiger partial charge in [0.1, 0.15) is 0 Å². The standard InChI is InChI=1S/C27H47NO5S/c1-3-5-7-9-11-12-13-14-15-16-17-19-21-23-27(30)28-25(24-34(31,32)33)26(29)22-20-18-10-8-6-4-2/h5,7,11-12,14-15,17,19,25-26,29H,3-4,6,8-10,13,16,18,20-24H2,1-2H3,(H,28,30)(H,31,32,33)/b7-5-,12-11-,15-14-,19-17-. The zero-order valence-electron chi connectivity index (χ0n) is 21.2. The van der Waals surface area contributed by atoms with E-state index in [0.717, 1.165) is 57.8 Å². The van der Waals surface area contributed by atoms with Gasteiger partial charge < -0.3 is 10.4 Å². The average molecular weight is 498 g/mol. The lowest BCUT2D eigenvalue weighted by Crippen LogP contribution is -2.47. The first-order valence-corrected chi connectivity index (χ1v) is 14.4. The molecule has 0 saturated carbocycles. The van der Waals surface area contributed by atoms with Crippen LogP contribution in [0.25, 0.3) is 0 Å². The number of allylic oxidation sites excluding steroid dienone is 8. The average Bonchev–Trinajstić information content (AvgIpc) is 2.77. The molecule has 2 atom stereocenters. The molecule has 196 valence electrons. The van der Waals surface area contributed by atoms with E-state index in [9.17, 15) is 22.9 Å². The van der Waals surface area contributed by atoms with Gasteiger partial charge in [-0.05, 0) is 38.5 Å². The molecule has 3 N–H and O–H groups in total. The molecule has 0 saturated heterocycles. The van der Waals surface area contributed by atoms with Gasteiger partial charge in [0, 0.05) is 6.42 Å². The fourth-order valence-corrected chi connectivity index (χ4v) is 4.16. The molecule has 0 fully saturated rings. The summed E-state index contributed by atoms with van der Waals surface area (Å²) >= 11 is 0. The van der Waals surface area contributed by atoms with Crippen LogP contribution in [0.1, 0.15) is 97.3 Å². The van der Waals surface area contributed by atoms with Crippen molar-refractivity contribution < 1.29 is 22.9 Å². The molecule has 0 aliphatic rings. The maximum absolute atomic E-state index is 12.2. The second-order valence-corrected chi connectivity index (χ2v) is 10.1. The predicted octanol–water partition coefficient (Wildman–Crippen LogP) is 6.06. The van der Waals surface area contributed by atoms with E-state index in [0.29, 0.717) is 12.8 Å². The van der Waals surface area contributed by atoms with Crippen molar-refractivity contribution >= 4 is 16.0 Å². The highest BCUT2D eigenvalue weighted by atomic mass is 32.2. The van der Waals surface area contributed by atoms with Crippen LogP contribution < -0.4 is 5.32 Å². The number of carbonyl (C=O) groups is 1. The Balaban J connectivity index is 4.26. The predicted molar refractivity (Wildman–Crippen MR) is 142 cm³/mol. The maximum atomic E-state index is 12.2. The lowest BCUT2D eigenvalue weighted by molar-refractivity contribution is -0.122. The summed E-state index contributed by atoms with van der Waals surface area (Å²) in [7, 11) is -4.31. The largest absolute Gasteiger partial charge is 0.391 e. The Morgan fingerprint density at radius 1 is 0.824 bits per heavy atom. The lowest BCUT2D eigenvalue weighted by Gasteiger charge is -2.23. The van der Waals surface area contributed by atoms with Crippen molar-refractivity contribution in [2.24, 2.45) is 0 Å². The minimum absolute atomic E-state index is 0.194. The molecule has 1 amide bonds. The zero-order valence-corrected chi connectivity index (χ0v) is 22.0. The molecule has 34 heavy (non-hydrogen) atoms. The van der Waals surface area contributed by atoms with E-state index >= 15 is 0 Å². The smallest absolute Gasteiger partial charge is 0.266 e. The number of nitrogens with one attached hydrogen (secondary N) is 1. The van der Waals surface area contributed by atoms with Gasteiger partial charge >= 0.3 is 0 Å². The van der Waals surface area contributed by atoms with Gasteiger partial charge in [0.25, 0.3) is 10.1 Å². The highest BCUT2D eigenvalue weighted by molar-refractivity contribution is 7.85. The zero-order chi connectivity index (χ0) is 25.5. The van der Waals surface area contributed by atoms with E-state index in [1.165, 1.54) is 6.42 Å². The van der Waals surface area contributed by atoms with E-state index in [-0.39, 0.29) is 12.3 Å². The number of unbranched alkanes of at least 4 members (excludes halogenated alkanes) is 5. The minimum Gasteiger partial charge on any atom is -0.391 e. The summed E-state index contributed by atoms with van der Waals surface area (Å²) in [5.74, 6) is -1.02. The third kappa shape index (κ3) is 22.1. The number of aliphatic hydroxyl groups is 1. The molecule has 7 heteroatoms. The van der Waals surface area contributed by atoms with Gasteiger partial charge in [-0.25, -0.2) is 0 Å². The first kappa shape index (κ1) is 32.3. The van der Waals surface area contributed by atoms with Crippen LogP contribution in [-0.4, -0.2) is 41.9 Å². The van der Waals surface area contributed by atoms with Crippen molar-refractivity contribution in [3.8, 4) is 0 Å². The Morgan fingerprint density at radius 2 is 1.35 bits per heavy atom. The Morgan fingerprint density at radius 3 is 1.91 bits per heavy atom. The molecule has 0 rings (SSSR count). The van der Waals surface area contributed by atoms with Crippen LogP contribution in [0.4, 0.5) is 0 Å². The fourth-order valence-electron chi connectivity index (χ4n) is 3.40. The minimum atomic E-state index is -4.31. The van der Waals surface area contributed by atoms with Gasteiger partial charge in [0.2, 0.25) is 5.91 Å². The summed E-state index contributed by atoms with van der Waals surface area (Å²) < 4.78 is 31.9. The molecule has 0 radical (unpaired) electrons. The molecule has 0 aromatic rings. The van der Waals surface area contributed by atoms with Crippen LogP contribution >= 0.6 is 0 Å². The summed E-state index contributed by atoms with van der Waals surface area (Å²) in [6, 6.07) is -1.00. The fraction of sp³-hybridized carbons (Fsp3) is 0.667. The molecular weight excluding hydrogens is 450 g/mol. The lowest BCUT2D eigenvalue weighted by atomic mass is 10.0. The van der Waals surface area contributed by atoms with Gasteiger partial charge in [-0.3, -0.25) is 9.35 Å². The monoisotopic (exact) mass is 497 g/mol. The van der Waals surface area contributed by atoms with E-state index in [1.807, 2.05) is 12.2 Å². The summed E-state index contributed by atoms with van der Waals surface area (Å²) in [5.41, 5.74) is 0. The second-order valence-electron chi connectivity index (χ2n) is 8.59. The van der Waals surface area contributed by atoms with Crippen LogP contribution in [0, 0.1) is 0 Å². The van der Waals surface area contributed by atoms with E-state index in [2.05, 4.69) is 55.6 Å². The van der Waals surface area contributed by atoms with Crippen molar-refractivity contribution in [2.75, 3.05) is 5.75 Å². The molecule has 2 unspecified atom stereocenters. The molecule has 0 bridgehead atoms. The molecule has 0 aromatic carbocycles. The highest BCUT2D eigenvalue weighted by Crippen LogP contribution is 2.12. The Hall–Kier alpha value is -1.70. The first-order valence-electron chi connectivity index (χ1n) is 12.8. The van der Waals surface area contributed by atoms with E-state index in [4.69, 9.17) is 0 Å². The Labute approximate surface area is 208 Å². The molecule has 0 spiro atoms. The topological polar surface area (TPSA) is 104 Å². The molecule has 0 aliphatic carbocycles. The SMILES string of the molecule is CC/C=C\C/C=C\C/C=C\C/C=C\CCC(=O)NC(CS(=O)(=O)O)C(O)CCCCCCCC. The van der Waals surface area contributed by atoms with Gasteiger partial charge in [-0.15, -0.1) is 0 Å². The summed E-state index contributed by atoms with van der Waals surface area (Å²) in [5, 5.41) is 13.0. The number of rotatable bonds is 21. The highest BCUT2D eigenvalue weighted by Gasteiger charge is 2.25. The van der Waals surface area contributed by atoms with Crippen molar-refractivity contribution in [2.45, 2.75) is 109 Å². The normalized spacial score (nSPS) is 14.6. The molecule has 0 aliphatic heterocycles. The van der Waals surface area contributed by atoms with Gasteiger partial charge in [-0.1, -0.05) is 101 Å². The quantitative estimate of drug-likeness (QED) is 0.102. The van der Waals surface area contributed by atoms with Gasteiger partial charge in [0.05, 0.1) is 17.9 Å². The maximum Gasteiger partial charge on any atom is 0.266 e. The van der Waals surface area contributed by atoms with E-state index < -0.39 is 28.0 Å². The number of aliphatic hydroxyl groups excluding tert-OH is 1. The van der Waals surface area contributed by atoms with Gasteiger partial charge in [-0.2, -0.15) is 8.42 Å². The Kier molecular flexibility index (Phi) is 20.7. The molecule has 6 nitrogen and oxygen atoms in total. The van der Waals surface area contributed by atoms with Crippen LogP contribution in [0.2, 0.25) is 0 Å². The summed E-state index contributed by atoms with van der Waals surface area (Å²) in [4.78, 5) is 12.2. The second kappa shape index (κ2) is 21.8. The number of hydrogen-bond acceptors (Lipinski definition) is 4. The number of carbonyl (C=O) groups excluding carboxylic acids is 1. The van der Waals surface area contributed by atoms with Gasteiger partial charge in [0.15, 0.2) is 0 Å². The van der Waals surface area contributed by atoms with E-state index in [1.54, 1.807) is 0 Å². The number of hydrogen-bond donors (Lipinski definition) is 3. The number of amides is 1. The van der Waals surface area contributed by atoms with Crippen LogP contribution in [0.3, 0.4) is 0 Å². The van der Waals surface area contributed by atoms with Crippen LogP contribution in [-0.2, 0) is 14.9 Å². The molecule has 0 heterocycles. The first-order chi connectivity index (χ1) is 16.3. The summed E-state index contributed by atoms with van der Waals surface area (Å²) in [6.07, 6.45) is 26.7. The van der Waals surface area contributed by atoms with Crippen molar-refractivity contribution in [3.63, 3.8) is 0 Å². The molecular formula is C27H47NO5S. The van der Waals surface area contributed by atoms with Crippen molar-refractivity contribution in [1.29, 1.82) is 0 Å². The third-order valence-electron chi connectivity index (χ3n) is 5.31. The van der Waals surface area contributed by atoms with Crippen molar-refractivity contribution in [3.05, 3.63) is 48.6 Å². The van der Waals surface area contributed by atoms with Crippen molar-refractivity contribution in [1.82, 2.24) is 5.32 Å². The Bertz CT molecular complexity index is 725. The van der Waals surface area contributed by atoms with Crippen LogP contribution in [0.5, 0.6) is 0 Å².